The zero-order valence-corrected chi connectivity index (χ0v) is 18.8. The third-order valence-electron chi connectivity index (χ3n) is 5.39. The molecule has 0 saturated carbocycles. The molecule has 3 aliphatic rings. The highest BCUT2D eigenvalue weighted by molar-refractivity contribution is 7.85. The van der Waals surface area contributed by atoms with Gasteiger partial charge in [0.25, 0.3) is 0 Å². The van der Waals surface area contributed by atoms with Crippen molar-refractivity contribution in [3.05, 3.63) is 0 Å². The second-order valence-corrected chi connectivity index (χ2v) is 12.8. The van der Waals surface area contributed by atoms with E-state index in [0.29, 0.717) is 26.4 Å². The molecule has 0 aromatic carbocycles. The van der Waals surface area contributed by atoms with E-state index >= 15 is 0 Å². The van der Waals surface area contributed by atoms with Gasteiger partial charge >= 0.3 is 8.80 Å². The average Bonchev–Trinajstić information content (AvgIpc) is 2.60. The summed E-state index contributed by atoms with van der Waals surface area (Å²) in [7, 11) is -2.16. The van der Waals surface area contributed by atoms with E-state index in [2.05, 4.69) is 26.3 Å². The Bertz CT molecular complexity index is 547. The summed E-state index contributed by atoms with van der Waals surface area (Å²) in [4.78, 5) is 0. The molecule has 27 heavy (non-hydrogen) atoms. The van der Waals surface area contributed by atoms with Crippen LogP contribution in [0.15, 0.2) is 0 Å². The summed E-state index contributed by atoms with van der Waals surface area (Å²) in [6, 6.07) is 0.840. The third kappa shape index (κ3) is 7.69. The van der Waals surface area contributed by atoms with Gasteiger partial charge in [-0.1, -0.05) is 13.3 Å². The topological polar surface area (TPSA) is 96.9 Å². The number of rotatable bonds is 13. The van der Waals surface area contributed by atoms with Gasteiger partial charge in [-0.25, -0.2) is 8.42 Å². The summed E-state index contributed by atoms with van der Waals surface area (Å²) in [6.45, 7) is 6.51. The number of quaternary nitrogens is 1. The molecular weight excluding hydrogens is 388 g/mol. The molecule has 2 bridgehead atoms. The lowest BCUT2D eigenvalue weighted by molar-refractivity contribution is -0.890. The van der Waals surface area contributed by atoms with E-state index in [1.54, 1.807) is 0 Å². The van der Waals surface area contributed by atoms with Crippen LogP contribution in [0.25, 0.3) is 0 Å². The van der Waals surface area contributed by atoms with Crippen molar-refractivity contribution in [1.82, 2.24) is 5.32 Å². The van der Waals surface area contributed by atoms with Crippen LogP contribution in [-0.4, -0.2) is 91.1 Å². The maximum Gasteiger partial charge on any atom is 0.501 e. The Hall–Kier alpha value is -0.0731. The number of unbranched alkanes of at least 4 members (excludes halogenated alkanes) is 2. The monoisotopic (exact) mass is 424 g/mol. The fourth-order valence-corrected chi connectivity index (χ4v) is 6.85. The number of hydrogen-bond donors (Lipinski definition) is 1. The van der Waals surface area contributed by atoms with E-state index in [1.165, 1.54) is 25.8 Å². The highest BCUT2D eigenvalue weighted by atomic mass is 32.2. The van der Waals surface area contributed by atoms with E-state index in [0.717, 1.165) is 23.5 Å². The molecule has 3 rings (SSSR count). The van der Waals surface area contributed by atoms with E-state index in [4.69, 9.17) is 13.3 Å². The average molecular weight is 425 g/mol. The zero-order chi connectivity index (χ0) is 20.0. The first-order valence-electron chi connectivity index (χ1n) is 10.0. The largest absolute Gasteiger partial charge is 0.748 e. The summed E-state index contributed by atoms with van der Waals surface area (Å²) in [5, 5.41) is 3.26. The Morgan fingerprint density at radius 2 is 1.63 bits per heavy atom. The fraction of sp³-hybridized carbons (Fsp3) is 1.00. The molecule has 10 heteroatoms. The second-order valence-electron chi connectivity index (χ2n) is 8.57. The summed E-state index contributed by atoms with van der Waals surface area (Å²) >= 11 is 0. The molecule has 3 fully saturated rings. The van der Waals surface area contributed by atoms with Crippen molar-refractivity contribution in [1.29, 1.82) is 0 Å². The van der Waals surface area contributed by atoms with Gasteiger partial charge in [0, 0.05) is 18.2 Å². The Balaban J connectivity index is 1.69. The van der Waals surface area contributed by atoms with Crippen molar-refractivity contribution in [2.75, 3.05) is 59.3 Å². The van der Waals surface area contributed by atoms with Crippen LogP contribution < -0.4 is 5.32 Å². The van der Waals surface area contributed by atoms with E-state index in [1.807, 2.05) is 0 Å². The highest BCUT2D eigenvalue weighted by Gasteiger charge is 2.56. The van der Waals surface area contributed by atoms with Gasteiger partial charge < -0.3 is 27.6 Å². The number of nitrogens with one attached hydrogen (secondary N) is 1. The predicted octanol–water partition coefficient (Wildman–Crippen LogP) is 0.923. The standard InChI is InChI=1S/C17H36N2O6SSi/c1-4-5-6-10-19(2,3)11-8-13-27-23-14-17(15-24-27,16-25-27)18-9-7-12-26(20,21)22/h18H,4-16H2,1-3H3. The Morgan fingerprint density at radius 1 is 1.04 bits per heavy atom. The smallest absolute Gasteiger partial charge is 0.501 e. The molecule has 8 nitrogen and oxygen atoms in total. The summed E-state index contributed by atoms with van der Waals surface area (Å²) in [6.07, 6.45) is 5.09. The van der Waals surface area contributed by atoms with Crippen molar-refractivity contribution in [3.8, 4) is 0 Å². The molecule has 3 aliphatic heterocycles. The van der Waals surface area contributed by atoms with Crippen molar-refractivity contribution in [2.45, 2.75) is 50.6 Å². The molecule has 0 atom stereocenters. The van der Waals surface area contributed by atoms with E-state index in [9.17, 15) is 13.0 Å². The van der Waals surface area contributed by atoms with Crippen molar-refractivity contribution < 1.29 is 30.7 Å². The van der Waals surface area contributed by atoms with Gasteiger partial charge in [0.05, 0.1) is 62.7 Å². The van der Waals surface area contributed by atoms with E-state index < -0.39 is 24.5 Å². The van der Waals surface area contributed by atoms with Crippen molar-refractivity contribution in [2.24, 2.45) is 0 Å². The normalized spacial score (nSPS) is 28.6. The molecule has 0 aromatic rings. The lowest BCUT2D eigenvalue weighted by Gasteiger charge is -2.50. The molecule has 0 radical (unpaired) electrons. The van der Waals surface area contributed by atoms with Gasteiger partial charge in [0.15, 0.2) is 0 Å². The molecule has 3 saturated heterocycles. The van der Waals surface area contributed by atoms with Crippen molar-refractivity contribution >= 4 is 18.9 Å². The Morgan fingerprint density at radius 3 is 2.19 bits per heavy atom. The van der Waals surface area contributed by atoms with Crippen LogP contribution in [0, 0.1) is 0 Å². The minimum atomic E-state index is -4.16. The molecule has 3 heterocycles. The van der Waals surface area contributed by atoms with Gasteiger partial charge in [0.1, 0.15) is 0 Å². The molecule has 0 aliphatic carbocycles. The summed E-state index contributed by atoms with van der Waals surface area (Å²) in [5.74, 6) is -0.358. The molecular formula is C17H36N2O6SSi. The summed E-state index contributed by atoms with van der Waals surface area (Å²) in [5.41, 5.74) is -0.420. The van der Waals surface area contributed by atoms with Gasteiger partial charge in [-0.15, -0.1) is 0 Å². The van der Waals surface area contributed by atoms with Crippen LogP contribution in [-0.2, 0) is 23.4 Å². The first-order valence-corrected chi connectivity index (χ1v) is 13.5. The Kier molecular flexibility index (Phi) is 8.27. The first kappa shape index (κ1) is 23.2. The number of hydrogen-bond acceptors (Lipinski definition) is 7. The Labute approximate surface area is 165 Å². The molecule has 0 spiro atoms. The maximum atomic E-state index is 10.7. The number of fused-ring (bicyclic) bond motifs is 3. The second kappa shape index (κ2) is 9.62. The van der Waals surface area contributed by atoms with Crippen molar-refractivity contribution in [3.63, 3.8) is 0 Å². The van der Waals surface area contributed by atoms with Crippen LogP contribution in [0.5, 0.6) is 0 Å². The molecule has 0 unspecified atom stereocenters. The highest BCUT2D eigenvalue weighted by Crippen LogP contribution is 2.33. The third-order valence-corrected chi connectivity index (χ3v) is 8.90. The summed E-state index contributed by atoms with van der Waals surface area (Å²) < 4.78 is 51.1. The van der Waals surface area contributed by atoms with Crippen LogP contribution in [0.3, 0.4) is 0 Å². The van der Waals surface area contributed by atoms with Crippen LogP contribution in [0.2, 0.25) is 6.04 Å². The van der Waals surface area contributed by atoms with Gasteiger partial charge in [-0.3, -0.25) is 0 Å². The van der Waals surface area contributed by atoms with Crippen LogP contribution in [0.1, 0.15) is 39.0 Å². The first-order chi connectivity index (χ1) is 12.6. The zero-order valence-electron chi connectivity index (χ0n) is 17.0. The van der Waals surface area contributed by atoms with E-state index in [-0.39, 0.29) is 12.2 Å². The number of nitrogens with zero attached hydrogens (tertiary/aromatic N) is 1. The van der Waals surface area contributed by atoms with Crippen LogP contribution >= 0.6 is 0 Å². The minimum absolute atomic E-state index is 0.279. The van der Waals surface area contributed by atoms with Crippen LogP contribution in [0.4, 0.5) is 0 Å². The molecule has 160 valence electrons. The van der Waals surface area contributed by atoms with Gasteiger partial charge in [-0.05, 0) is 25.8 Å². The quantitative estimate of drug-likeness (QED) is 0.203. The maximum absolute atomic E-state index is 10.7. The SMILES string of the molecule is CCCCC[N+](C)(C)CCC[Si]12OCC(NCCCS(=O)(=O)[O-])(CO1)CO2. The molecule has 0 aromatic heterocycles. The predicted molar refractivity (Wildman–Crippen MR) is 104 cm³/mol. The molecule has 0 amide bonds. The van der Waals surface area contributed by atoms with Gasteiger partial charge in [0.2, 0.25) is 0 Å². The fourth-order valence-electron chi connectivity index (χ4n) is 3.59. The van der Waals surface area contributed by atoms with Gasteiger partial charge in [-0.2, -0.15) is 0 Å². The lowest BCUT2D eigenvalue weighted by atomic mass is 10.0. The minimum Gasteiger partial charge on any atom is -0.748 e. The lowest BCUT2D eigenvalue weighted by Crippen LogP contribution is -2.72. The molecule has 1 N–H and O–H groups in total.